The molecule has 0 fully saturated rings. The maximum absolute atomic E-state index is 12.7. The average molecular weight is 317 g/mol. The van der Waals surface area contributed by atoms with Crippen LogP contribution in [0.1, 0.15) is 24.7 Å². The summed E-state index contributed by atoms with van der Waals surface area (Å²) >= 11 is 1.64. The molecule has 0 unspecified atom stereocenters. The highest BCUT2D eigenvalue weighted by Gasteiger charge is 2.31. The predicted octanol–water partition coefficient (Wildman–Crippen LogP) is 3.98. The lowest BCUT2D eigenvalue weighted by Gasteiger charge is -2.08. The van der Waals surface area contributed by atoms with E-state index in [2.05, 4.69) is 17.1 Å². The summed E-state index contributed by atoms with van der Waals surface area (Å²) in [6.07, 6.45) is -3.44. The SMILES string of the molecule is CCCSCc1noc(-c2cc(N)cc(C(F)(F)F)c2)n1. The average Bonchev–Trinajstić information content (AvgIpc) is 2.86. The fraction of sp³-hybridized carbons (Fsp3) is 0.385. The van der Waals surface area contributed by atoms with Crippen LogP contribution in [-0.4, -0.2) is 15.9 Å². The summed E-state index contributed by atoms with van der Waals surface area (Å²) in [5.41, 5.74) is 4.84. The van der Waals surface area contributed by atoms with Crippen molar-refractivity contribution in [1.82, 2.24) is 10.1 Å². The maximum Gasteiger partial charge on any atom is 0.416 e. The Balaban J connectivity index is 2.24. The van der Waals surface area contributed by atoms with Crippen LogP contribution in [0.2, 0.25) is 0 Å². The van der Waals surface area contributed by atoms with Gasteiger partial charge in [0.05, 0.1) is 11.3 Å². The highest BCUT2D eigenvalue weighted by Crippen LogP contribution is 2.33. The van der Waals surface area contributed by atoms with Gasteiger partial charge in [0.1, 0.15) is 0 Å². The molecule has 0 aliphatic heterocycles. The van der Waals surface area contributed by atoms with Crippen molar-refractivity contribution in [3.8, 4) is 11.5 Å². The Bertz CT molecular complexity index is 613. The van der Waals surface area contributed by atoms with Crippen molar-refractivity contribution in [3.63, 3.8) is 0 Å². The second-order valence-electron chi connectivity index (χ2n) is 4.41. The Morgan fingerprint density at radius 1 is 1.29 bits per heavy atom. The molecular formula is C13H14F3N3OS. The van der Waals surface area contributed by atoms with E-state index in [9.17, 15) is 13.2 Å². The zero-order valence-electron chi connectivity index (χ0n) is 11.3. The number of alkyl halides is 3. The molecule has 2 N–H and O–H groups in total. The quantitative estimate of drug-likeness (QED) is 0.667. The zero-order valence-corrected chi connectivity index (χ0v) is 12.1. The Morgan fingerprint density at radius 3 is 2.71 bits per heavy atom. The second-order valence-corrected chi connectivity index (χ2v) is 5.51. The highest BCUT2D eigenvalue weighted by molar-refractivity contribution is 7.98. The minimum atomic E-state index is -4.47. The molecule has 8 heteroatoms. The van der Waals surface area contributed by atoms with Crippen molar-refractivity contribution >= 4 is 17.4 Å². The first-order valence-electron chi connectivity index (χ1n) is 6.28. The summed E-state index contributed by atoms with van der Waals surface area (Å²) in [6, 6.07) is 3.20. The summed E-state index contributed by atoms with van der Waals surface area (Å²) in [7, 11) is 0. The van der Waals surface area contributed by atoms with Crippen molar-refractivity contribution in [1.29, 1.82) is 0 Å². The lowest BCUT2D eigenvalue weighted by molar-refractivity contribution is -0.137. The number of anilines is 1. The van der Waals surface area contributed by atoms with Crippen LogP contribution in [0.4, 0.5) is 18.9 Å². The van der Waals surface area contributed by atoms with Crippen LogP contribution in [0.15, 0.2) is 22.7 Å². The van der Waals surface area contributed by atoms with Gasteiger partial charge in [-0.25, -0.2) is 0 Å². The molecule has 4 nitrogen and oxygen atoms in total. The summed E-state index contributed by atoms with van der Waals surface area (Å²) in [5, 5.41) is 3.76. The van der Waals surface area contributed by atoms with E-state index >= 15 is 0 Å². The van der Waals surface area contributed by atoms with E-state index in [-0.39, 0.29) is 17.1 Å². The van der Waals surface area contributed by atoms with Crippen molar-refractivity contribution in [3.05, 3.63) is 29.6 Å². The minimum absolute atomic E-state index is 0.0000621. The van der Waals surface area contributed by atoms with E-state index in [0.29, 0.717) is 11.6 Å². The molecule has 114 valence electrons. The molecule has 0 bridgehead atoms. The van der Waals surface area contributed by atoms with Gasteiger partial charge in [0.15, 0.2) is 5.82 Å². The van der Waals surface area contributed by atoms with E-state index < -0.39 is 11.7 Å². The van der Waals surface area contributed by atoms with Gasteiger partial charge < -0.3 is 10.3 Å². The van der Waals surface area contributed by atoms with E-state index in [1.54, 1.807) is 11.8 Å². The van der Waals surface area contributed by atoms with Crippen molar-refractivity contribution in [2.24, 2.45) is 0 Å². The molecule has 21 heavy (non-hydrogen) atoms. The number of nitrogens with zero attached hydrogens (tertiary/aromatic N) is 2. The molecule has 2 rings (SSSR count). The first-order valence-corrected chi connectivity index (χ1v) is 7.44. The van der Waals surface area contributed by atoms with Crippen LogP contribution in [0.5, 0.6) is 0 Å². The number of thioether (sulfide) groups is 1. The molecule has 0 aliphatic carbocycles. The van der Waals surface area contributed by atoms with Crippen LogP contribution >= 0.6 is 11.8 Å². The van der Waals surface area contributed by atoms with Crippen LogP contribution in [0, 0.1) is 0 Å². The van der Waals surface area contributed by atoms with Gasteiger partial charge in [-0.05, 0) is 30.4 Å². The molecule has 0 atom stereocenters. The maximum atomic E-state index is 12.7. The van der Waals surface area contributed by atoms with Crippen molar-refractivity contribution < 1.29 is 17.7 Å². The monoisotopic (exact) mass is 317 g/mol. The second kappa shape index (κ2) is 6.38. The van der Waals surface area contributed by atoms with E-state index in [0.717, 1.165) is 24.3 Å². The smallest absolute Gasteiger partial charge is 0.399 e. The standard InChI is InChI=1S/C13H14F3N3OS/c1-2-3-21-7-11-18-12(20-19-11)8-4-9(13(14,15)16)6-10(17)5-8/h4-6H,2-3,7,17H2,1H3. The molecule has 1 heterocycles. The summed E-state index contributed by atoms with van der Waals surface area (Å²) < 4.78 is 43.3. The summed E-state index contributed by atoms with van der Waals surface area (Å²) in [5.74, 6) is 2.02. The Hall–Kier alpha value is -1.70. The van der Waals surface area contributed by atoms with Gasteiger partial charge in [0, 0.05) is 11.3 Å². The topological polar surface area (TPSA) is 64.9 Å². The molecule has 1 aromatic heterocycles. The van der Waals surface area contributed by atoms with Crippen molar-refractivity contribution in [2.45, 2.75) is 25.3 Å². The molecular weight excluding hydrogens is 303 g/mol. The fourth-order valence-electron chi connectivity index (χ4n) is 1.68. The van der Waals surface area contributed by atoms with Crippen molar-refractivity contribution in [2.75, 3.05) is 11.5 Å². The number of nitrogens with two attached hydrogens (primary N) is 1. The number of rotatable bonds is 5. The molecule has 0 radical (unpaired) electrons. The number of halogens is 3. The minimum Gasteiger partial charge on any atom is -0.399 e. The number of hydrogen-bond acceptors (Lipinski definition) is 5. The van der Waals surface area contributed by atoms with Crippen LogP contribution in [0.3, 0.4) is 0 Å². The molecule has 0 amide bonds. The van der Waals surface area contributed by atoms with Gasteiger partial charge in [-0.1, -0.05) is 12.1 Å². The fourth-order valence-corrected chi connectivity index (χ4v) is 2.41. The van der Waals surface area contributed by atoms with Gasteiger partial charge in [-0.3, -0.25) is 0 Å². The Morgan fingerprint density at radius 2 is 2.05 bits per heavy atom. The molecule has 0 spiro atoms. The first-order chi connectivity index (χ1) is 9.90. The summed E-state index contributed by atoms with van der Waals surface area (Å²) in [6.45, 7) is 2.06. The predicted molar refractivity (Wildman–Crippen MR) is 75.6 cm³/mol. The number of benzene rings is 1. The number of nitrogen functional groups attached to an aromatic ring is 1. The highest BCUT2D eigenvalue weighted by atomic mass is 32.2. The third kappa shape index (κ3) is 4.13. The lowest BCUT2D eigenvalue weighted by atomic mass is 10.1. The molecule has 2 aromatic rings. The van der Waals surface area contributed by atoms with Gasteiger partial charge in [0.25, 0.3) is 5.89 Å². The Labute approximate surface area is 123 Å². The zero-order chi connectivity index (χ0) is 15.5. The normalized spacial score (nSPS) is 11.8. The molecule has 0 saturated heterocycles. The van der Waals surface area contributed by atoms with Gasteiger partial charge >= 0.3 is 6.18 Å². The van der Waals surface area contributed by atoms with E-state index in [4.69, 9.17) is 10.3 Å². The molecule has 0 saturated carbocycles. The van der Waals surface area contributed by atoms with Crippen LogP contribution in [0.25, 0.3) is 11.5 Å². The first kappa shape index (κ1) is 15.7. The van der Waals surface area contributed by atoms with Crippen LogP contribution < -0.4 is 5.73 Å². The molecule has 0 aliphatic rings. The third-order valence-electron chi connectivity index (χ3n) is 2.58. The van der Waals surface area contributed by atoms with Crippen LogP contribution in [-0.2, 0) is 11.9 Å². The third-order valence-corrected chi connectivity index (χ3v) is 3.74. The van der Waals surface area contributed by atoms with Gasteiger partial charge in [-0.2, -0.15) is 29.9 Å². The van der Waals surface area contributed by atoms with E-state index in [1.165, 1.54) is 6.07 Å². The number of hydrogen-bond donors (Lipinski definition) is 1. The Kier molecular flexibility index (Phi) is 4.76. The van der Waals surface area contributed by atoms with Gasteiger partial charge in [0.2, 0.25) is 0 Å². The van der Waals surface area contributed by atoms with E-state index in [1.807, 2.05) is 0 Å². The largest absolute Gasteiger partial charge is 0.416 e. The molecule has 1 aromatic carbocycles. The van der Waals surface area contributed by atoms with Gasteiger partial charge in [-0.15, -0.1) is 0 Å². The lowest BCUT2D eigenvalue weighted by Crippen LogP contribution is -2.06. The number of aromatic nitrogens is 2. The summed E-state index contributed by atoms with van der Waals surface area (Å²) in [4.78, 5) is 4.10.